The standard InChI is InChI=1S/C4H6N6O.C4H10N2O.C2H6O/c5-9-7-3-1-11-2-4(3)8-10-6;5-3-1-7-2-4(3)6;1-2-3/h3-4H,1-2H2;3-4H,1-2,5-6H2;3H,2H2,1H3. The van der Waals surface area contributed by atoms with Crippen molar-refractivity contribution in [3.63, 3.8) is 0 Å². The van der Waals surface area contributed by atoms with E-state index in [4.69, 9.17) is 37.1 Å². The van der Waals surface area contributed by atoms with E-state index in [0.29, 0.717) is 26.4 Å². The van der Waals surface area contributed by atoms with Crippen LogP contribution in [0.15, 0.2) is 10.2 Å². The summed E-state index contributed by atoms with van der Waals surface area (Å²) in [6, 6.07) is -0.535. The van der Waals surface area contributed by atoms with Crippen LogP contribution in [0.3, 0.4) is 0 Å². The summed E-state index contributed by atoms with van der Waals surface area (Å²) in [5, 5.41) is 14.4. The summed E-state index contributed by atoms with van der Waals surface area (Å²) in [5.41, 5.74) is 27.0. The van der Waals surface area contributed by atoms with Crippen molar-refractivity contribution in [2.45, 2.75) is 31.1 Å². The van der Waals surface area contributed by atoms with Crippen LogP contribution in [0, 0.1) is 0 Å². The average Bonchev–Trinajstić information content (AvgIpc) is 3.03. The molecule has 0 spiro atoms. The first-order chi connectivity index (χ1) is 10.1. The van der Waals surface area contributed by atoms with Crippen molar-refractivity contribution in [3.05, 3.63) is 20.9 Å². The van der Waals surface area contributed by atoms with Crippen LogP contribution in [0.5, 0.6) is 0 Å². The van der Waals surface area contributed by atoms with E-state index in [9.17, 15) is 0 Å². The number of aliphatic hydroxyl groups is 1. The van der Waals surface area contributed by atoms with E-state index in [1.807, 2.05) is 0 Å². The minimum atomic E-state index is -0.337. The van der Waals surface area contributed by atoms with Crippen LogP contribution in [0.4, 0.5) is 0 Å². The Kier molecular flexibility index (Phi) is 11.3. The summed E-state index contributed by atoms with van der Waals surface area (Å²) in [6.45, 7) is 3.86. The molecule has 0 aromatic carbocycles. The lowest BCUT2D eigenvalue weighted by molar-refractivity contribution is 0.191. The van der Waals surface area contributed by atoms with Gasteiger partial charge in [-0.15, -0.1) is 0 Å². The van der Waals surface area contributed by atoms with Crippen molar-refractivity contribution in [3.8, 4) is 0 Å². The van der Waals surface area contributed by atoms with Gasteiger partial charge >= 0.3 is 0 Å². The molecule has 0 bridgehead atoms. The smallest absolute Gasteiger partial charge is 0.0714 e. The molecular weight excluding hydrogens is 280 g/mol. The van der Waals surface area contributed by atoms with Gasteiger partial charge in [0.2, 0.25) is 0 Å². The Hall–Kier alpha value is -1.58. The lowest BCUT2D eigenvalue weighted by Gasteiger charge is -2.02. The fourth-order valence-electron chi connectivity index (χ4n) is 1.47. The molecule has 2 fully saturated rings. The molecule has 4 atom stereocenters. The Balaban J connectivity index is 0.000000342. The highest BCUT2D eigenvalue weighted by Crippen LogP contribution is 2.13. The Morgan fingerprint density at radius 3 is 1.57 bits per heavy atom. The second-order valence-electron chi connectivity index (χ2n) is 4.26. The summed E-state index contributed by atoms with van der Waals surface area (Å²) in [7, 11) is 0. The number of hydrogen-bond acceptors (Lipinski definition) is 7. The lowest BCUT2D eigenvalue weighted by Crippen LogP contribution is -2.39. The molecule has 5 N–H and O–H groups in total. The predicted molar refractivity (Wildman–Crippen MR) is 76.2 cm³/mol. The maximum absolute atomic E-state index is 8.08. The highest BCUT2D eigenvalue weighted by atomic mass is 16.5. The highest BCUT2D eigenvalue weighted by Gasteiger charge is 2.25. The Morgan fingerprint density at radius 2 is 1.33 bits per heavy atom. The van der Waals surface area contributed by atoms with Gasteiger partial charge in [-0.1, -0.05) is 10.2 Å². The minimum Gasteiger partial charge on any atom is -0.397 e. The van der Waals surface area contributed by atoms with Gasteiger partial charge in [0, 0.05) is 28.5 Å². The van der Waals surface area contributed by atoms with Gasteiger partial charge in [0.25, 0.3) is 0 Å². The van der Waals surface area contributed by atoms with Gasteiger partial charge in [0.1, 0.15) is 0 Å². The van der Waals surface area contributed by atoms with Crippen molar-refractivity contribution >= 4 is 0 Å². The van der Waals surface area contributed by atoms with Crippen molar-refractivity contribution in [2.24, 2.45) is 21.7 Å². The first-order valence-electron chi connectivity index (χ1n) is 6.46. The fourth-order valence-corrected chi connectivity index (χ4v) is 1.47. The molecule has 2 rings (SSSR count). The summed E-state index contributed by atoms with van der Waals surface area (Å²) in [4.78, 5) is 5.22. The second kappa shape index (κ2) is 12.2. The van der Waals surface area contributed by atoms with E-state index in [1.165, 1.54) is 0 Å². The molecule has 21 heavy (non-hydrogen) atoms. The zero-order valence-corrected chi connectivity index (χ0v) is 11.9. The van der Waals surface area contributed by atoms with Gasteiger partial charge in [0.15, 0.2) is 0 Å². The van der Waals surface area contributed by atoms with Crippen molar-refractivity contribution in [2.75, 3.05) is 33.0 Å². The minimum absolute atomic E-state index is 0.0694. The third kappa shape index (κ3) is 8.33. The largest absolute Gasteiger partial charge is 0.397 e. The molecule has 11 heteroatoms. The number of rotatable bonds is 2. The van der Waals surface area contributed by atoms with Crippen LogP contribution >= 0.6 is 0 Å². The van der Waals surface area contributed by atoms with Gasteiger partial charge in [-0.2, -0.15) is 0 Å². The summed E-state index contributed by atoms with van der Waals surface area (Å²) in [5.74, 6) is 0. The maximum Gasteiger partial charge on any atom is 0.0714 e. The monoisotopic (exact) mass is 302 g/mol. The number of aliphatic hydroxyl groups excluding tert-OH is 1. The lowest BCUT2D eigenvalue weighted by atomic mass is 10.2. The molecule has 2 aliphatic rings. The SMILES string of the molecule is CCO.NC1COCC1N.[N-]=[N+]=NC1COCC1N=[N+]=[N-]. The molecule has 0 amide bonds. The van der Waals surface area contributed by atoms with Crippen molar-refractivity contribution < 1.29 is 14.6 Å². The third-order valence-corrected chi connectivity index (χ3v) is 2.59. The molecule has 2 heterocycles. The molecule has 120 valence electrons. The van der Waals surface area contributed by atoms with Crippen molar-refractivity contribution in [1.82, 2.24) is 0 Å². The molecule has 0 saturated carbocycles. The molecule has 4 unspecified atom stereocenters. The average molecular weight is 302 g/mol. The van der Waals surface area contributed by atoms with Crippen LogP contribution in [-0.4, -0.2) is 62.3 Å². The quantitative estimate of drug-likeness (QED) is 0.368. The Labute approximate surface area is 122 Å². The van der Waals surface area contributed by atoms with E-state index in [-0.39, 0.29) is 30.8 Å². The van der Waals surface area contributed by atoms with Gasteiger partial charge in [0.05, 0.1) is 38.5 Å². The maximum atomic E-state index is 8.08. The topological polar surface area (TPSA) is 188 Å². The van der Waals surface area contributed by atoms with E-state index in [0.717, 1.165) is 0 Å². The number of nitrogens with two attached hydrogens (primary N) is 2. The van der Waals surface area contributed by atoms with E-state index < -0.39 is 0 Å². The van der Waals surface area contributed by atoms with Crippen LogP contribution in [-0.2, 0) is 9.47 Å². The molecular formula is C10H22N8O3. The van der Waals surface area contributed by atoms with Crippen LogP contribution < -0.4 is 11.5 Å². The fraction of sp³-hybridized carbons (Fsp3) is 1.00. The summed E-state index contributed by atoms with van der Waals surface area (Å²) < 4.78 is 9.86. The molecule has 0 aromatic rings. The summed E-state index contributed by atoms with van der Waals surface area (Å²) >= 11 is 0. The van der Waals surface area contributed by atoms with Crippen LogP contribution in [0.25, 0.3) is 20.9 Å². The van der Waals surface area contributed by atoms with Crippen LogP contribution in [0.2, 0.25) is 0 Å². The first kappa shape index (κ1) is 19.4. The molecule has 0 aromatic heterocycles. The predicted octanol–water partition coefficient (Wildman–Crippen LogP) is 0.0442. The molecule has 11 nitrogen and oxygen atoms in total. The number of hydrogen-bond donors (Lipinski definition) is 3. The summed E-state index contributed by atoms with van der Waals surface area (Å²) in [6.07, 6.45) is 0. The number of azide groups is 2. The molecule has 0 radical (unpaired) electrons. The van der Waals surface area contributed by atoms with Crippen molar-refractivity contribution in [1.29, 1.82) is 0 Å². The van der Waals surface area contributed by atoms with Gasteiger partial charge in [-0.05, 0) is 18.0 Å². The molecule has 2 saturated heterocycles. The van der Waals surface area contributed by atoms with E-state index >= 15 is 0 Å². The normalized spacial score (nSPS) is 29.9. The van der Waals surface area contributed by atoms with Gasteiger partial charge in [-0.25, -0.2) is 0 Å². The van der Waals surface area contributed by atoms with E-state index in [1.54, 1.807) is 6.92 Å². The second-order valence-corrected chi connectivity index (χ2v) is 4.26. The zero-order valence-electron chi connectivity index (χ0n) is 11.9. The Morgan fingerprint density at radius 1 is 1.00 bits per heavy atom. The molecule has 2 aliphatic heterocycles. The van der Waals surface area contributed by atoms with Gasteiger partial charge in [-0.3, -0.25) is 0 Å². The Bertz CT molecular complexity index is 337. The van der Waals surface area contributed by atoms with E-state index in [2.05, 4.69) is 20.1 Å². The first-order valence-corrected chi connectivity index (χ1v) is 6.46. The number of nitrogens with zero attached hydrogens (tertiary/aromatic N) is 6. The van der Waals surface area contributed by atoms with Gasteiger partial charge < -0.3 is 26.0 Å². The number of ether oxygens (including phenoxy) is 2. The van der Waals surface area contributed by atoms with Crippen LogP contribution in [0.1, 0.15) is 6.92 Å². The molecule has 0 aliphatic carbocycles. The highest BCUT2D eigenvalue weighted by molar-refractivity contribution is 4.87. The zero-order chi connectivity index (χ0) is 16.1. The third-order valence-electron chi connectivity index (χ3n) is 2.59.